The number of amides is 1. The summed E-state index contributed by atoms with van der Waals surface area (Å²) in [5.41, 5.74) is 1.36. The summed E-state index contributed by atoms with van der Waals surface area (Å²) >= 11 is 0. The molecule has 0 aromatic heterocycles. The molecular weight excluding hydrogens is 320 g/mol. The summed E-state index contributed by atoms with van der Waals surface area (Å²) in [7, 11) is 0. The van der Waals surface area contributed by atoms with Crippen LogP contribution in [-0.2, 0) is 4.79 Å². The van der Waals surface area contributed by atoms with Gasteiger partial charge in [-0.05, 0) is 42.3 Å². The Hall–Kier alpha value is -3.15. The number of anilines is 1. The van der Waals surface area contributed by atoms with Gasteiger partial charge in [0, 0.05) is 23.9 Å². The van der Waals surface area contributed by atoms with Gasteiger partial charge in [0.1, 0.15) is 5.75 Å². The van der Waals surface area contributed by atoms with Crippen LogP contribution in [0.3, 0.4) is 0 Å². The molecule has 0 saturated heterocycles. The first-order valence-electron chi connectivity index (χ1n) is 8.05. The molecule has 130 valence electrons. The van der Waals surface area contributed by atoms with Gasteiger partial charge in [-0.1, -0.05) is 25.5 Å². The van der Waals surface area contributed by atoms with E-state index < -0.39 is 4.92 Å². The van der Waals surface area contributed by atoms with E-state index in [1.165, 1.54) is 30.3 Å². The second-order valence-corrected chi connectivity index (χ2v) is 5.40. The molecule has 0 saturated carbocycles. The summed E-state index contributed by atoms with van der Waals surface area (Å²) in [6.45, 7) is 2.81. The summed E-state index contributed by atoms with van der Waals surface area (Å²) in [5, 5.41) is 13.2. The lowest BCUT2D eigenvalue weighted by atomic mass is 10.2. The van der Waals surface area contributed by atoms with Gasteiger partial charge >= 0.3 is 0 Å². The number of rotatable bonds is 8. The smallest absolute Gasteiger partial charge is 0.269 e. The number of unbranched alkanes of at least 4 members (excludes halogenated alkanes) is 1. The van der Waals surface area contributed by atoms with E-state index in [1.807, 2.05) is 24.3 Å². The fourth-order valence-electron chi connectivity index (χ4n) is 2.03. The maximum absolute atomic E-state index is 11.9. The lowest BCUT2D eigenvalue weighted by Gasteiger charge is -2.05. The number of hydrogen-bond donors (Lipinski definition) is 1. The molecule has 2 rings (SSSR count). The molecule has 6 nitrogen and oxygen atoms in total. The van der Waals surface area contributed by atoms with Crippen molar-refractivity contribution < 1.29 is 14.5 Å². The average Bonchev–Trinajstić information content (AvgIpc) is 2.62. The second-order valence-electron chi connectivity index (χ2n) is 5.40. The number of nitrogens with one attached hydrogen (secondary N) is 1. The Balaban J connectivity index is 1.87. The van der Waals surface area contributed by atoms with Crippen molar-refractivity contribution in [1.82, 2.24) is 0 Å². The van der Waals surface area contributed by atoms with Crippen LogP contribution in [0.2, 0.25) is 0 Å². The highest BCUT2D eigenvalue weighted by Crippen LogP contribution is 2.16. The van der Waals surface area contributed by atoms with E-state index in [0.717, 1.165) is 24.2 Å². The van der Waals surface area contributed by atoms with Gasteiger partial charge in [-0.25, -0.2) is 0 Å². The Kier molecular flexibility index (Phi) is 6.71. The summed E-state index contributed by atoms with van der Waals surface area (Å²) in [6.07, 6.45) is 5.21. The molecule has 2 aromatic carbocycles. The number of nitrogens with zero attached hydrogens (tertiary/aromatic N) is 1. The number of nitro benzene ring substituents is 1. The molecule has 0 radical (unpaired) electrons. The highest BCUT2D eigenvalue weighted by molar-refractivity contribution is 6.01. The summed E-state index contributed by atoms with van der Waals surface area (Å²) in [4.78, 5) is 22.0. The van der Waals surface area contributed by atoms with Crippen molar-refractivity contribution in [1.29, 1.82) is 0 Å². The maximum atomic E-state index is 11.9. The fourth-order valence-corrected chi connectivity index (χ4v) is 2.03. The molecule has 0 fully saturated rings. The third kappa shape index (κ3) is 6.10. The molecule has 0 aliphatic rings. The predicted molar refractivity (Wildman–Crippen MR) is 97.6 cm³/mol. The van der Waals surface area contributed by atoms with E-state index in [4.69, 9.17) is 4.74 Å². The minimum Gasteiger partial charge on any atom is -0.494 e. The quantitative estimate of drug-likeness (QED) is 0.334. The standard InChI is InChI=1S/C19H20N2O4/c1-2-3-14-25-18-11-4-15(5-12-18)6-13-19(22)20-16-7-9-17(10-8-16)21(23)24/h4-13H,2-3,14H2,1H3,(H,20,22)/b13-6+. The van der Waals surface area contributed by atoms with Crippen LogP contribution in [0.1, 0.15) is 25.3 Å². The van der Waals surface area contributed by atoms with Gasteiger partial charge in [0.15, 0.2) is 0 Å². The summed E-state index contributed by atoms with van der Waals surface area (Å²) in [5.74, 6) is 0.498. The number of nitro groups is 1. The zero-order valence-corrected chi connectivity index (χ0v) is 14.0. The lowest BCUT2D eigenvalue weighted by Crippen LogP contribution is -2.07. The van der Waals surface area contributed by atoms with Crippen LogP contribution in [0.5, 0.6) is 5.75 Å². The summed E-state index contributed by atoms with van der Waals surface area (Å²) in [6, 6.07) is 13.1. The molecule has 25 heavy (non-hydrogen) atoms. The number of carbonyl (C=O) groups excluding carboxylic acids is 1. The van der Waals surface area contributed by atoms with E-state index in [2.05, 4.69) is 12.2 Å². The molecule has 0 bridgehead atoms. The van der Waals surface area contributed by atoms with Crippen LogP contribution in [0.15, 0.2) is 54.6 Å². The molecule has 2 aromatic rings. The number of ether oxygens (including phenoxy) is 1. The Bertz CT molecular complexity index is 737. The molecule has 0 atom stereocenters. The van der Waals surface area contributed by atoms with Crippen LogP contribution < -0.4 is 10.1 Å². The number of carbonyl (C=O) groups is 1. The highest BCUT2D eigenvalue weighted by Gasteiger charge is 2.04. The highest BCUT2D eigenvalue weighted by atomic mass is 16.6. The van der Waals surface area contributed by atoms with E-state index in [1.54, 1.807) is 6.08 Å². The van der Waals surface area contributed by atoms with Gasteiger partial charge in [-0.2, -0.15) is 0 Å². The van der Waals surface area contributed by atoms with Gasteiger partial charge in [-0.15, -0.1) is 0 Å². The zero-order chi connectivity index (χ0) is 18.1. The maximum Gasteiger partial charge on any atom is 0.269 e. The van der Waals surface area contributed by atoms with Crippen molar-refractivity contribution >= 4 is 23.4 Å². The Labute approximate surface area is 146 Å². The number of non-ortho nitro benzene ring substituents is 1. The molecular formula is C19H20N2O4. The zero-order valence-electron chi connectivity index (χ0n) is 14.0. The van der Waals surface area contributed by atoms with Crippen molar-refractivity contribution in [3.8, 4) is 5.75 Å². The van der Waals surface area contributed by atoms with E-state index >= 15 is 0 Å². The molecule has 1 N–H and O–H groups in total. The minimum atomic E-state index is -0.485. The molecule has 0 heterocycles. The number of benzene rings is 2. The van der Waals surface area contributed by atoms with E-state index in [-0.39, 0.29) is 11.6 Å². The lowest BCUT2D eigenvalue weighted by molar-refractivity contribution is -0.384. The van der Waals surface area contributed by atoms with Crippen molar-refractivity contribution in [2.24, 2.45) is 0 Å². The molecule has 0 unspecified atom stereocenters. The van der Waals surface area contributed by atoms with Gasteiger partial charge < -0.3 is 10.1 Å². The third-order valence-electron chi connectivity index (χ3n) is 3.42. The van der Waals surface area contributed by atoms with Gasteiger partial charge in [0.05, 0.1) is 11.5 Å². The van der Waals surface area contributed by atoms with Crippen molar-refractivity contribution in [2.45, 2.75) is 19.8 Å². The van der Waals surface area contributed by atoms with Crippen molar-refractivity contribution in [2.75, 3.05) is 11.9 Å². The monoisotopic (exact) mass is 340 g/mol. The first-order valence-corrected chi connectivity index (χ1v) is 8.05. The first-order chi connectivity index (χ1) is 12.1. The van der Waals surface area contributed by atoms with Crippen LogP contribution >= 0.6 is 0 Å². The van der Waals surface area contributed by atoms with Crippen LogP contribution in [0.25, 0.3) is 6.08 Å². The normalized spacial score (nSPS) is 10.6. The van der Waals surface area contributed by atoms with Crippen LogP contribution in [0.4, 0.5) is 11.4 Å². The topological polar surface area (TPSA) is 81.5 Å². The van der Waals surface area contributed by atoms with Gasteiger partial charge in [-0.3, -0.25) is 14.9 Å². The van der Waals surface area contributed by atoms with Crippen LogP contribution in [0, 0.1) is 10.1 Å². The molecule has 0 spiro atoms. The fraction of sp³-hybridized carbons (Fsp3) is 0.211. The molecule has 6 heteroatoms. The number of hydrogen-bond acceptors (Lipinski definition) is 4. The van der Waals surface area contributed by atoms with Crippen molar-refractivity contribution in [3.05, 3.63) is 70.3 Å². The molecule has 0 aliphatic heterocycles. The predicted octanol–water partition coefficient (Wildman–Crippen LogP) is 4.43. The van der Waals surface area contributed by atoms with Gasteiger partial charge in [0.2, 0.25) is 5.91 Å². The van der Waals surface area contributed by atoms with Crippen molar-refractivity contribution in [3.63, 3.8) is 0 Å². The molecule has 1 amide bonds. The average molecular weight is 340 g/mol. The second kappa shape index (κ2) is 9.22. The Morgan fingerprint density at radius 2 is 1.84 bits per heavy atom. The first kappa shape index (κ1) is 18.2. The largest absolute Gasteiger partial charge is 0.494 e. The van der Waals surface area contributed by atoms with E-state index in [9.17, 15) is 14.9 Å². The molecule has 0 aliphatic carbocycles. The summed E-state index contributed by atoms with van der Waals surface area (Å²) < 4.78 is 5.58. The SMILES string of the molecule is CCCCOc1ccc(/C=C/C(=O)Nc2ccc([N+](=O)[O-])cc2)cc1. The Morgan fingerprint density at radius 1 is 1.16 bits per heavy atom. The van der Waals surface area contributed by atoms with Crippen LogP contribution in [-0.4, -0.2) is 17.4 Å². The third-order valence-corrected chi connectivity index (χ3v) is 3.42. The minimum absolute atomic E-state index is 0.0187. The van der Waals surface area contributed by atoms with E-state index in [0.29, 0.717) is 12.3 Å². The van der Waals surface area contributed by atoms with Gasteiger partial charge in [0.25, 0.3) is 5.69 Å². The Morgan fingerprint density at radius 3 is 2.44 bits per heavy atom.